The van der Waals surface area contributed by atoms with Crippen LogP contribution in [0.2, 0.25) is 0 Å². The second-order valence-electron chi connectivity index (χ2n) is 7.31. The quantitative estimate of drug-likeness (QED) is 0.671. The number of amides is 4. The number of rotatable bonds is 6. The number of ether oxygens (including phenoxy) is 1. The smallest absolute Gasteiger partial charge is 0.407 e. The first kappa shape index (κ1) is 21.2. The molecule has 1 saturated heterocycles. The number of urea groups is 1. The molecule has 8 heteroatoms. The van der Waals surface area contributed by atoms with E-state index >= 15 is 0 Å². The third-order valence-corrected chi connectivity index (χ3v) is 3.77. The number of nitrogens with one attached hydrogen (secondary N) is 3. The summed E-state index contributed by atoms with van der Waals surface area (Å²) in [6.07, 6.45) is 3.30. The molecule has 1 rings (SSSR count). The summed E-state index contributed by atoms with van der Waals surface area (Å²) < 4.78 is 5.23. The van der Waals surface area contributed by atoms with Crippen molar-refractivity contribution in [3.63, 3.8) is 0 Å². The van der Waals surface area contributed by atoms with Crippen LogP contribution < -0.4 is 16.0 Å². The Morgan fingerprint density at radius 1 is 1.16 bits per heavy atom. The molecule has 4 amide bonds. The molecule has 1 fully saturated rings. The van der Waals surface area contributed by atoms with Gasteiger partial charge in [0, 0.05) is 19.1 Å². The third kappa shape index (κ3) is 9.28. The highest BCUT2D eigenvalue weighted by Crippen LogP contribution is 2.16. The van der Waals surface area contributed by atoms with Crippen molar-refractivity contribution in [1.82, 2.24) is 20.9 Å². The number of carbonyl (C=O) groups excluding carboxylic acids is 3. The summed E-state index contributed by atoms with van der Waals surface area (Å²) in [5.74, 6) is -0.335. The van der Waals surface area contributed by atoms with Crippen LogP contribution in [0.4, 0.5) is 9.59 Å². The van der Waals surface area contributed by atoms with Gasteiger partial charge in [-0.1, -0.05) is 13.3 Å². The first-order valence-corrected chi connectivity index (χ1v) is 9.00. The molecule has 1 atom stereocenters. The number of alkyl carbamates (subject to hydrolysis) is 1. The molecule has 1 heterocycles. The molecule has 0 aromatic rings. The van der Waals surface area contributed by atoms with Gasteiger partial charge >= 0.3 is 12.1 Å². The summed E-state index contributed by atoms with van der Waals surface area (Å²) in [7, 11) is 0. The molecule has 25 heavy (non-hydrogen) atoms. The fraction of sp³-hybridized carbons (Fsp3) is 0.824. The topological polar surface area (TPSA) is 99.8 Å². The van der Waals surface area contributed by atoms with Crippen LogP contribution in [-0.4, -0.2) is 60.8 Å². The van der Waals surface area contributed by atoms with Gasteiger partial charge in [0.05, 0.1) is 6.54 Å². The fourth-order valence-electron chi connectivity index (χ4n) is 2.65. The molecule has 0 aliphatic carbocycles. The molecule has 0 spiro atoms. The van der Waals surface area contributed by atoms with E-state index in [0.29, 0.717) is 13.1 Å². The number of carbonyl (C=O) groups is 3. The van der Waals surface area contributed by atoms with Gasteiger partial charge in [0.25, 0.3) is 0 Å². The zero-order chi connectivity index (χ0) is 18.9. The van der Waals surface area contributed by atoms with Gasteiger partial charge in [-0.15, -0.1) is 0 Å². The van der Waals surface area contributed by atoms with Crippen molar-refractivity contribution in [3.8, 4) is 0 Å². The maximum absolute atomic E-state index is 12.0. The fourth-order valence-corrected chi connectivity index (χ4v) is 2.65. The molecule has 3 N–H and O–H groups in total. The predicted octanol–water partition coefficient (Wildman–Crippen LogP) is 1.60. The monoisotopic (exact) mass is 356 g/mol. The standard InChI is InChI=1S/C17H32N4O4/c1-5-9-18-15(23)20-14(22)12-21-10-7-6-8-13(21)11-19-16(24)25-17(2,3)4/h13H,5-12H2,1-4H3,(H,19,24)(H2,18,20,22,23). The van der Waals surface area contributed by atoms with E-state index in [-0.39, 0.29) is 18.5 Å². The molecular weight excluding hydrogens is 324 g/mol. The van der Waals surface area contributed by atoms with Gasteiger partial charge in [-0.05, 0) is 46.6 Å². The number of hydrogen-bond acceptors (Lipinski definition) is 5. The number of hydrogen-bond donors (Lipinski definition) is 3. The normalized spacial score (nSPS) is 18.3. The second-order valence-corrected chi connectivity index (χ2v) is 7.31. The minimum Gasteiger partial charge on any atom is -0.444 e. The Hall–Kier alpha value is -1.83. The van der Waals surface area contributed by atoms with Crippen LogP contribution in [0.25, 0.3) is 0 Å². The average Bonchev–Trinajstić information content (AvgIpc) is 2.50. The molecule has 0 saturated carbocycles. The largest absolute Gasteiger partial charge is 0.444 e. The highest BCUT2D eigenvalue weighted by Gasteiger charge is 2.26. The Labute approximate surface area is 150 Å². The summed E-state index contributed by atoms with van der Waals surface area (Å²) in [5.41, 5.74) is -0.540. The number of piperidine rings is 1. The van der Waals surface area contributed by atoms with Crippen LogP contribution in [0.15, 0.2) is 0 Å². The molecule has 8 nitrogen and oxygen atoms in total. The minimum atomic E-state index is -0.540. The Kier molecular flexibility index (Phi) is 8.68. The summed E-state index contributed by atoms with van der Waals surface area (Å²) in [6.45, 7) is 9.24. The van der Waals surface area contributed by atoms with Gasteiger partial charge in [-0.25, -0.2) is 9.59 Å². The lowest BCUT2D eigenvalue weighted by atomic mass is 10.0. The Morgan fingerprint density at radius 2 is 1.88 bits per heavy atom. The Bertz CT molecular complexity index is 462. The maximum Gasteiger partial charge on any atom is 0.407 e. The van der Waals surface area contributed by atoms with E-state index in [1.807, 2.05) is 32.6 Å². The van der Waals surface area contributed by atoms with E-state index in [9.17, 15) is 14.4 Å². The van der Waals surface area contributed by atoms with Gasteiger partial charge in [0.2, 0.25) is 5.91 Å². The summed E-state index contributed by atoms with van der Waals surface area (Å²) in [4.78, 5) is 37.4. The number of imide groups is 1. The highest BCUT2D eigenvalue weighted by molar-refractivity contribution is 5.95. The number of likely N-dealkylation sites (tertiary alicyclic amines) is 1. The molecular formula is C17H32N4O4. The zero-order valence-corrected chi connectivity index (χ0v) is 15.8. The first-order chi connectivity index (χ1) is 11.7. The maximum atomic E-state index is 12.0. The van der Waals surface area contributed by atoms with Gasteiger partial charge in [-0.3, -0.25) is 15.0 Å². The van der Waals surface area contributed by atoms with Crippen LogP contribution in [0.5, 0.6) is 0 Å². The van der Waals surface area contributed by atoms with E-state index in [2.05, 4.69) is 16.0 Å². The second kappa shape index (κ2) is 10.2. The van der Waals surface area contributed by atoms with Gasteiger partial charge < -0.3 is 15.4 Å². The number of nitrogens with zero attached hydrogens (tertiary/aromatic N) is 1. The Balaban J connectivity index is 2.43. The van der Waals surface area contributed by atoms with Crippen molar-refractivity contribution >= 4 is 18.0 Å². The molecule has 1 aliphatic rings. The van der Waals surface area contributed by atoms with E-state index in [1.165, 1.54) is 0 Å². The summed E-state index contributed by atoms with van der Waals surface area (Å²) in [5, 5.41) is 7.71. The van der Waals surface area contributed by atoms with Crippen molar-refractivity contribution in [2.45, 2.75) is 65.0 Å². The van der Waals surface area contributed by atoms with Gasteiger partial charge in [0.15, 0.2) is 0 Å². The van der Waals surface area contributed by atoms with Crippen molar-refractivity contribution < 1.29 is 19.1 Å². The predicted molar refractivity (Wildman–Crippen MR) is 95.3 cm³/mol. The van der Waals surface area contributed by atoms with Gasteiger partial charge in [0.1, 0.15) is 5.60 Å². The molecule has 144 valence electrons. The van der Waals surface area contributed by atoms with Crippen LogP contribution in [-0.2, 0) is 9.53 Å². The van der Waals surface area contributed by atoms with Crippen LogP contribution in [0.1, 0.15) is 53.4 Å². The van der Waals surface area contributed by atoms with Crippen LogP contribution in [0.3, 0.4) is 0 Å². The van der Waals surface area contributed by atoms with Crippen molar-refractivity contribution in [2.75, 3.05) is 26.2 Å². The van der Waals surface area contributed by atoms with Crippen LogP contribution >= 0.6 is 0 Å². The molecule has 0 bridgehead atoms. The van der Waals surface area contributed by atoms with E-state index in [0.717, 1.165) is 32.2 Å². The summed E-state index contributed by atoms with van der Waals surface area (Å²) in [6, 6.07) is -0.405. The highest BCUT2D eigenvalue weighted by atomic mass is 16.6. The van der Waals surface area contributed by atoms with Gasteiger partial charge in [-0.2, -0.15) is 0 Å². The lowest BCUT2D eigenvalue weighted by Gasteiger charge is -2.35. The third-order valence-electron chi connectivity index (χ3n) is 3.77. The molecule has 0 radical (unpaired) electrons. The van der Waals surface area contributed by atoms with Crippen molar-refractivity contribution in [2.24, 2.45) is 0 Å². The van der Waals surface area contributed by atoms with E-state index in [1.54, 1.807) is 0 Å². The molecule has 0 aromatic carbocycles. The van der Waals surface area contributed by atoms with Crippen molar-refractivity contribution in [3.05, 3.63) is 0 Å². The molecule has 1 aliphatic heterocycles. The van der Waals surface area contributed by atoms with E-state index in [4.69, 9.17) is 4.74 Å². The zero-order valence-electron chi connectivity index (χ0n) is 15.8. The van der Waals surface area contributed by atoms with Crippen LogP contribution in [0, 0.1) is 0 Å². The minimum absolute atomic E-state index is 0.0609. The van der Waals surface area contributed by atoms with E-state index < -0.39 is 17.7 Å². The SMILES string of the molecule is CCCNC(=O)NC(=O)CN1CCCCC1CNC(=O)OC(C)(C)C. The average molecular weight is 356 g/mol. The van der Waals surface area contributed by atoms with Crippen molar-refractivity contribution in [1.29, 1.82) is 0 Å². The molecule has 1 unspecified atom stereocenters. The lowest BCUT2D eigenvalue weighted by Crippen LogP contribution is -2.52. The summed E-state index contributed by atoms with van der Waals surface area (Å²) >= 11 is 0. The molecule has 0 aromatic heterocycles. The first-order valence-electron chi connectivity index (χ1n) is 9.00. The Morgan fingerprint density at radius 3 is 2.52 bits per heavy atom. The lowest BCUT2D eigenvalue weighted by molar-refractivity contribution is -0.122.